The molecule has 8 heteroatoms. The Labute approximate surface area is 258 Å². The highest BCUT2D eigenvalue weighted by atomic mass is 16.5. The van der Waals surface area contributed by atoms with E-state index in [1.165, 1.54) is 16.7 Å². The molecular weight excluding hydrogens is 556 g/mol. The normalized spacial score (nSPS) is 19.1. The molecule has 8 nitrogen and oxygen atoms in total. The third-order valence-electron chi connectivity index (χ3n) is 9.19. The van der Waals surface area contributed by atoms with Crippen LogP contribution < -0.4 is 29.0 Å². The van der Waals surface area contributed by atoms with Crippen LogP contribution in [0.4, 0.5) is 0 Å². The average Bonchev–Trinajstić information content (AvgIpc) is 3.04. The maximum Gasteiger partial charge on any atom is 0.204 e. The van der Waals surface area contributed by atoms with Crippen molar-refractivity contribution < 1.29 is 28.8 Å². The number of phenols is 1. The van der Waals surface area contributed by atoms with Crippen molar-refractivity contribution in [1.82, 2.24) is 10.2 Å². The lowest BCUT2D eigenvalue weighted by atomic mass is 9.88. The number of hydrogen-bond acceptors (Lipinski definition) is 8. The van der Waals surface area contributed by atoms with Crippen molar-refractivity contribution in [3.05, 3.63) is 94.0 Å². The number of rotatable bonds is 3. The third kappa shape index (κ3) is 5.08. The number of benzene rings is 4. The molecule has 8 rings (SSSR count). The fourth-order valence-corrected chi connectivity index (χ4v) is 6.87. The first kappa shape index (κ1) is 28.4. The van der Waals surface area contributed by atoms with E-state index in [2.05, 4.69) is 47.6 Å². The topological polar surface area (TPSA) is 81.7 Å². The lowest BCUT2D eigenvalue weighted by molar-refractivity contribution is 0.228. The molecule has 0 aromatic heterocycles. The van der Waals surface area contributed by atoms with E-state index in [0.717, 1.165) is 55.5 Å². The third-order valence-corrected chi connectivity index (χ3v) is 9.19. The lowest BCUT2D eigenvalue weighted by Gasteiger charge is -2.36. The van der Waals surface area contributed by atoms with E-state index in [4.69, 9.17) is 23.7 Å². The molecule has 2 N–H and O–H groups in total. The minimum atomic E-state index is -0.0255. The summed E-state index contributed by atoms with van der Waals surface area (Å²) in [5.74, 6) is 4.38. The summed E-state index contributed by atoms with van der Waals surface area (Å²) in [5.41, 5.74) is 6.85. The van der Waals surface area contributed by atoms with Gasteiger partial charge in [-0.1, -0.05) is 18.2 Å². The van der Waals surface area contributed by atoms with E-state index in [9.17, 15) is 5.11 Å². The Morgan fingerprint density at radius 2 is 1.57 bits per heavy atom. The van der Waals surface area contributed by atoms with Gasteiger partial charge in [0.15, 0.2) is 34.5 Å². The first-order chi connectivity index (χ1) is 21.4. The molecule has 0 amide bonds. The SMILES string of the molecule is COc1cc2c3cc1Oc1c(OC)c(OC)cc4c1[C@H](Cc1ccc(cc1)Oc1cc(ccc1O)C[C@H]3N(C)CC2)NCC4. The van der Waals surface area contributed by atoms with Crippen LogP contribution in [0, 0.1) is 0 Å². The number of ether oxygens (including phenoxy) is 5. The maximum atomic E-state index is 10.7. The Hall–Kier alpha value is -4.40. The van der Waals surface area contributed by atoms with Crippen LogP contribution in [0.5, 0.6) is 46.0 Å². The van der Waals surface area contributed by atoms with Crippen LogP contribution in [0.25, 0.3) is 0 Å². The van der Waals surface area contributed by atoms with Crippen molar-refractivity contribution in [3.8, 4) is 46.0 Å². The molecule has 2 atom stereocenters. The Kier molecular flexibility index (Phi) is 7.48. The van der Waals surface area contributed by atoms with Crippen molar-refractivity contribution in [2.75, 3.05) is 41.5 Å². The number of aromatic hydroxyl groups is 1. The zero-order chi connectivity index (χ0) is 30.4. The van der Waals surface area contributed by atoms with Crippen LogP contribution >= 0.6 is 0 Å². The summed E-state index contributed by atoms with van der Waals surface area (Å²) in [6.45, 7) is 1.75. The molecule has 0 saturated heterocycles. The Bertz CT molecular complexity index is 1700. The van der Waals surface area contributed by atoms with Crippen LogP contribution in [0.1, 0.15) is 45.5 Å². The number of nitrogens with zero attached hydrogens (tertiary/aromatic N) is 1. The second-order valence-electron chi connectivity index (χ2n) is 11.8. The van der Waals surface area contributed by atoms with Gasteiger partial charge in [0.25, 0.3) is 0 Å². The number of nitrogens with one attached hydrogen (secondary N) is 1. The number of hydrogen-bond donors (Lipinski definition) is 2. The van der Waals surface area contributed by atoms with Crippen molar-refractivity contribution in [2.45, 2.75) is 37.8 Å². The Balaban J connectivity index is 1.45. The second kappa shape index (κ2) is 11.6. The van der Waals surface area contributed by atoms with Crippen LogP contribution in [-0.2, 0) is 25.7 Å². The smallest absolute Gasteiger partial charge is 0.204 e. The molecule has 228 valence electrons. The summed E-state index contributed by atoms with van der Waals surface area (Å²) in [6, 6.07) is 20.1. The summed E-state index contributed by atoms with van der Waals surface area (Å²) in [7, 11) is 7.15. The molecule has 4 aromatic rings. The fourth-order valence-electron chi connectivity index (χ4n) is 6.87. The van der Waals surface area contributed by atoms with E-state index in [0.29, 0.717) is 40.2 Å². The zero-order valence-electron chi connectivity index (χ0n) is 25.6. The van der Waals surface area contributed by atoms with E-state index >= 15 is 0 Å². The molecule has 44 heavy (non-hydrogen) atoms. The van der Waals surface area contributed by atoms with Crippen molar-refractivity contribution in [2.24, 2.45) is 0 Å². The molecule has 4 aromatic carbocycles. The van der Waals surface area contributed by atoms with Gasteiger partial charge in [-0.15, -0.1) is 0 Å². The van der Waals surface area contributed by atoms with Gasteiger partial charge in [0.2, 0.25) is 5.75 Å². The molecular formula is C36H38N2O6. The highest BCUT2D eigenvalue weighted by molar-refractivity contribution is 5.63. The average molecular weight is 595 g/mol. The van der Waals surface area contributed by atoms with Gasteiger partial charge in [0.1, 0.15) is 5.75 Å². The van der Waals surface area contributed by atoms with Gasteiger partial charge in [-0.3, -0.25) is 4.90 Å². The lowest BCUT2D eigenvalue weighted by Crippen LogP contribution is -2.33. The van der Waals surface area contributed by atoms with Crippen LogP contribution in [0.3, 0.4) is 0 Å². The standard InChI is InChI=1S/C36H38N2O6/c1-38-14-12-23-18-31(40-2)32-20-26(23)28(38)16-22-7-10-29(39)30(17-22)43-25-8-5-21(6-9-25)15-27-34-24(11-13-37-27)19-33(41-3)35(42-4)36(34)44-32/h5-10,17-20,27-28,37,39H,11-16H2,1-4H3/t27-,28+/m0/s1. The van der Waals surface area contributed by atoms with Crippen LogP contribution in [0.15, 0.2) is 60.7 Å². The predicted octanol–water partition coefficient (Wildman–Crippen LogP) is 6.52. The van der Waals surface area contributed by atoms with Gasteiger partial charge in [-0.05, 0) is 110 Å². The Morgan fingerprint density at radius 3 is 2.34 bits per heavy atom. The molecule has 0 spiro atoms. The van der Waals surface area contributed by atoms with Crippen LogP contribution in [-0.4, -0.2) is 51.5 Å². The summed E-state index contributed by atoms with van der Waals surface area (Å²) < 4.78 is 30.9. The van der Waals surface area contributed by atoms with Gasteiger partial charge in [0, 0.05) is 24.2 Å². The molecule has 6 bridgehead atoms. The summed E-state index contributed by atoms with van der Waals surface area (Å²) in [4.78, 5) is 2.37. The quantitative estimate of drug-likeness (QED) is 0.278. The number of likely N-dealkylation sites (N-methyl/N-ethyl adjacent to an activating group) is 1. The van der Waals surface area contributed by atoms with E-state index < -0.39 is 0 Å². The fraction of sp³-hybridized carbons (Fsp3) is 0.333. The van der Waals surface area contributed by atoms with E-state index in [1.807, 2.05) is 24.3 Å². The number of fused-ring (bicyclic) bond motifs is 2. The summed E-state index contributed by atoms with van der Waals surface area (Å²) in [6.07, 6.45) is 3.20. The van der Waals surface area contributed by atoms with Crippen molar-refractivity contribution in [3.63, 3.8) is 0 Å². The zero-order valence-corrected chi connectivity index (χ0v) is 25.6. The Morgan fingerprint density at radius 1 is 0.795 bits per heavy atom. The first-order valence-corrected chi connectivity index (χ1v) is 15.1. The van der Waals surface area contributed by atoms with Gasteiger partial charge < -0.3 is 34.1 Å². The summed E-state index contributed by atoms with van der Waals surface area (Å²) >= 11 is 0. The second-order valence-corrected chi connectivity index (χ2v) is 11.8. The molecule has 4 heterocycles. The molecule has 0 saturated carbocycles. The minimum Gasteiger partial charge on any atom is -0.504 e. The first-order valence-electron chi connectivity index (χ1n) is 15.1. The highest BCUT2D eigenvalue weighted by Crippen LogP contribution is 2.50. The number of phenolic OH excluding ortho intramolecular Hbond substituents is 1. The minimum absolute atomic E-state index is 0.0255. The molecule has 0 unspecified atom stereocenters. The van der Waals surface area contributed by atoms with Gasteiger partial charge in [-0.25, -0.2) is 0 Å². The maximum absolute atomic E-state index is 10.7. The van der Waals surface area contributed by atoms with Gasteiger partial charge in [0.05, 0.1) is 21.3 Å². The molecule has 0 aliphatic carbocycles. The molecule has 0 fully saturated rings. The van der Waals surface area contributed by atoms with Crippen LogP contribution in [0.2, 0.25) is 0 Å². The number of methoxy groups -OCH3 is 3. The molecule has 4 aliphatic rings. The van der Waals surface area contributed by atoms with Gasteiger partial charge in [-0.2, -0.15) is 0 Å². The van der Waals surface area contributed by atoms with E-state index in [1.54, 1.807) is 27.4 Å². The largest absolute Gasteiger partial charge is 0.504 e. The monoisotopic (exact) mass is 594 g/mol. The van der Waals surface area contributed by atoms with Gasteiger partial charge >= 0.3 is 0 Å². The summed E-state index contributed by atoms with van der Waals surface area (Å²) in [5, 5.41) is 14.4. The highest BCUT2D eigenvalue weighted by Gasteiger charge is 2.32. The van der Waals surface area contributed by atoms with Crippen molar-refractivity contribution in [1.29, 1.82) is 0 Å². The predicted molar refractivity (Wildman–Crippen MR) is 168 cm³/mol. The van der Waals surface area contributed by atoms with Crippen molar-refractivity contribution >= 4 is 0 Å². The molecule has 4 aliphatic heterocycles. The van der Waals surface area contributed by atoms with E-state index in [-0.39, 0.29) is 17.8 Å². The molecule has 0 radical (unpaired) electrons.